The fraction of sp³-hybridized carbons (Fsp3) is 0.273. The Morgan fingerprint density at radius 2 is 2.06 bits per heavy atom. The normalized spacial score (nSPS) is 11.9. The summed E-state index contributed by atoms with van der Waals surface area (Å²) in [6.07, 6.45) is -0.116. The molecule has 0 heterocycles. The molecule has 0 saturated carbocycles. The maximum atomic E-state index is 11.7. The highest BCUT2D eigenvalue weighted by atomic mass is 35.5. The van der Waals surface area contributed by atoms with Gasteiger partial charge in [-0.05, 0) is 18.2 Å². The number of carboxylic acid groups (broad SMARTS) is 1. The number of aliphatic hydroxyl groups excluding tert-OH is 1. The fourth-order valence-electron chi connectivity index (χ4n) is 1.32. The van der Waals surface area contributed by atoms with Gasteiger partial charge in [-0.2, -0.15) is 0 Å². The van der Waals surface area contributed by atoms with Crippen molar-refractivity contribution < 1.29 is 24.9 Å². The van der Waals surface area contributed by atoms with Gasteiger partial charge in [0.25, 0.3) is 5.91 Å². The van der Waals surface area contributed by atoms with Crippen molar-refractivity contribution in [2.45, 2.75) is 12.5 Å². The number of aliphatic hydroxyl groups is 1. The van der Waals surface area contributed by atoms with Crippen molar-refractivity contribution in [2.24, 2.45) is 0 Å². The average Bonchev–Trinajstić information content (AvgIpc) is 2.27. The Morgan fingerprint density at radius 1 is 1.39 bits per heavy atom. The van der Waals surface area contributed by atoms with Crippen LogP contribution < -0.4 is 5.32 Å². The van der Waals surface area contributed by atoms with Gasteiger partial charge in [-0.15, -0.1) is 0 Å². The van der Waals surface area contributed by atoms with E-state index in [-0.39, 0.29) is 29.4 Å². The lowest BCUT2D eigenvalue weighted by Crippen LogP contribution is -2.41. The summed E-state index contributed by atoms with van der Waals surface area (Å²) in [5.74, 6) is -2.34. The summed E-state index contributed by atoms with van der Waals surface area (Å²) in [5.41, 5.74) is -0.0800. The Hall–Kier alpha value is -1.79. The minimum absolute atomic E-state index is 0.0800. The number of benzene rings is 1. The number of carbonyl (C=O) groups is 2. The van der Waals surface area contributed by atoms with E-state index in [1.54, 1.807) is 0 Å². The number of amides is 1. The first-order chi connectivity index (χ1) is 8.45. The molecule has 4 N–H and O–H groups in total. The summed E-state index contributed by atoms with van der Waals surface area (Å²) < 4.78 is 0. The first kappa shape index (κ1) is 14.3. The Bertz CT molecular complexity index is 463. The largest absolute Gasteiger partial charge is 0.507 e. The van der Waals surface area contributed by atoms with Crippen LogP contribution in [0.1, 0.15) is 16.8 Å². The quantitative estimate of drug-likeness (QED) is 0.629. The summed E-state index contributed by atoms with van der Waals surface area (Å²) >= 11 is 5.61. The number of phenolic OH excluding ortho intramolecular Hbond substituents is 1. The third kappa shape index (κ3) is 3.61. The molecule has 0 aliphatic carbocycles. The zero-order chi connectivity index (χ0) is 13.7. The van der Waals surface area contributed by atoms with Crippen molar-refractivity contribution in [3.63, 3.8) is 0 Å². The third-order valence-corrected chi connectivity index (χ3v) is 2.46. The SMILES string of the molecule is O=C(N[C@H](CCO)C(=O)O)c1ccc(Cl)cc1O. The second-order valence-electron chi connectivity index (χ2n) is 3.54. The molecular formula is C11H12ClNO5. The molecule has 0 aliphatic heterocycles. The first-order valence-electron chi connectivity index (χ1n) is 5.08. The highest BCUT2D eigenvalue weighted by Crippen LogP contribution is 2.21. The summed E-state index contributed by atoms with van der Waals surface area (Å²) in [6.45, 7) is -0.371. The Kier molecular flexibility index (Phi) is 4.94. The zero-order valence-corrected chi connectivity index (χ0v) is 10.0. The summed E-state index contributed by atoms with van der Waals surface area (Å²) in [6, 6.07) is 2.65. The van der Waals surface area contributed by atoms with E-state index >= 15 is 0 Å². The number of hydrogen-bond donors (Lipinski definition) is 4. The molecule has 0 aliphatic rings. The van der Waals surface area contributed by atoms with Crippen molar-refractivity contribution in [1.82, 2.24) is 5.32 Å². The Labute approximate surface area is 108 Å². The van der Waals surface area contributed by atoms with Crippen molar-refractivity contribution in [3.8, 4) is 5.75 Å². The summed E-state index contributed by atoms with van der Waals surface area (Å²) in [4.78, 5) is 22.5. The van der Waals surface area contributed by atoms with Crippen LogP contribution in [0.25, 0.3) is 0 Å². The zero-order valence-electron chi connectivity index (χ0n) is 9.26. The van der Waals surface area contributed by atoms with Gasteiger partial charge in [0.2, 0.25) is 0 Å². The monoisotopic (exact) mass is 273 g/mol. The van der Waals surface area contributed by atoms with Gasteiger partial charge in [0.1, 0.15) is 11.8 Å². The fourth-order valence-corrected chi connectivity index (χ4v) is 1.49. The molecular weight excluding hydrogens is 262 g/mol. The van der Waals surface area contributed by atoms with Gasteiger partial charge in [-0.3, -0.25) is 4.79 Å². The number of carbonyl (C=O) groups excluding carboxylic acids is 1. The molecule has 7 heteroatoms. The van der Waals surface area contributed by atoms with Crippen LogP contribution in [0.4, 0.5) is 0 Å². The standard InChI is InChI=1S/C11H12ClNO5/c12-6-1-2-7(9(15)5-6)10(16)13-8(3-4-14)11(17)18/h1-2,5,8,14-15H,3-4H2,(H,13,16)(H,17,18)/t8-/m1/s1. The highest BCUT2D eigenvalue weighted by Gasteiger charge is 2.21. The molecule has 1 amide bonds. The molecule has 1 aromatic carbocycles. The predicted octanol–water partition coefficient (Wildman–Crippen LogP) is 0.611. The second-order valence-corrected chi connectivity index (χ2v) is 3.97. The highest BCUT2D eigenvalue weighted by molar-refractivity contribution is 6.30. The lowest BCUT2D eigenvalue weighted by Gasteiger charge is -2.13. The van der Waals surface area contributed by atoms with E-state index in [2.05, 4.69) is 5.32 Å². The van der Waals surface area contributed by atoms with Crippen LogP contribution in [0.5, 0.6) is 5.75 Å². The van der Waals surface area contributed by atoms with Gasteiger partial charge < -0.3 is 20.6 Å². The number of phenols is 1. The van der Waals surface area contributed by atoms with Crippen LogP contribution >= 0.6 is 11.6 Å². The van der Waals surface area contributed by atoms with E-state index in [1.807, 2.05) is 0 Å². The molecule has 0 bridgehead atoms. The van der Waals surface area contributed by atoms with Crippen molar-refractivity contribution in [1.29, 1.82) is 0 Å². The van der Waals surface area contributed by atoms with Crippen LogP contribution in [0.15, 0.2) is 18.2 Å². The van der Waals surface area contributed by atoms with Gasteiger partial charge in [0.15, 0.2) is 0 Å². The van der Waals surface area contributed by atoms with Crippen LogP contribution in [-0.4, -0.2) is 39.8 Å². The number of hydrogen-bond acceptors (Lipinski definition) is 4. The topological polar surface area (TPSA) is 107 Å². The molecule has 18 heavy (non-hydrogen) atoms. The molecule has 0 aromatic heterocycles. The number of rotatable bonds is 5. The Morgan fingerprint density at radius 3 is 2.56 bits per heavy atom. The lowest BCUT2D eigenvalue weighted by molar-refractivity contribution is -0.139. The molecule has 0 radical (unpaired) electrons. The maximum Gasteiger partial charge on any atom is 0.326 e. The lowest BCUT2D eigenvalue weighted by atomic mass is 10.1. The smallest absolute Gasteiger partial charge is 0.326 e. The van der Waals surface area contributed by atoms with Crippen molar-refractivity contribution in [3.05, 3.63) is 28.8 Å². The van der Waals surface area contributed by atoms with E-state index in [9.17, 15) is 14.7 Å². The summed E-state index contributed by atoms with van der Waals surface area (Å²) in [7, 11) is 0. The minimum Gasteiger partial charge on any atom is -0.507 e. The molecule has 1 aromatic rings. The molecule has 0 fully saturated rings. The van der Waals surface area contributed by atoms with Gasteiger partial charge >= 0.3 is 5.97 Å². The van der Waals surface area contributed by atoms with Gasteiger partial charge in [-0.1, -0.05) is 11.6 Å². The molecule has 0 spiro atoms. The van der Waals surface area contributed by atoms with Gasteiger partial charge in [0.05, 0.1) is 5.56 Å². The first-order valence-corrected chi connectivity index (χ1v) is 5.46. The van der Waals surface area contributed by atoms with E-state index in [0.29, 0.717) is 0 Å². The van der Waals surface area contributed by atoms with E-state index in [1.165, 1.54) is 18.2 Å². The molecule has 0 saturated heterocycles. The second kappa shape index (κ2) is 6.23. The van der Waals surface area contributed by atoms with E-state index in [4.69, 9.17) is 21.8 Å². The molecule has 6 nitrogen and oxygen atoms in total. The van der Waals surface area contributed by atoms with Crippen LogP contribution in [-0.2, 0) is 4.79 Å². The summed E-state index contributed by atoms with van der Waals surface area (Å²) in [5, 5.41) is 29.4. The number of aliphatic carboxylic acids is 1. The number of halogens is 1. The van der Waals surface area contributed by atoms with E-state index < -0.39 is 17.9 Å². The molecule has 1 rings (SSSR count). The maximum absolute atomic E-state index is 11.7. The number of nitrogens with one attached hydrogen (secondary N) is 1. The van der Waals surface area contributed by atoms with Crippen LogP contribution in [0.3, 0.4) is 0 Å². The van der Waals surface area contributed by atoms with Crippen LogP contribution in [0, 0.1) is 0 Å². The van der Waals surface area contributed by atoms with Crippen molar-refractivity contribution in [2.75, 3.05) is 6.61 Å². The third-order valence-electron chi connectivity index (χ3n) is 2.23. The average molecular weight is 274 g/mol. The van der Waals surface area contributed by atoms with Gasteiger partial charge in [-0.25, -0.2) is 4.79 Å². The van der Waals surface area contributed by atoms with Crippen LogP contribution in [0.2, 0.25) is 5.02 Å². The number of carboxylic acids is 1. The van der Waals surface area contributed by atoms with Gasteiger partial charge in [0, 0.05) is 18.1 Å². The molecule has 0 unspecified atom stereocenters. The van der Waals surface area contributed by atoms with E-state index in [0.717, 1.165) is 0 Å². The Balaban J connectivity index is 2.83. The van der Waals surface area contributed by atoms with Crippen molar-refractivity contribution >= 4 is 23.5 Å². The molecule has 1 atom stereocenters. The predicted molar refractivity (Wildman–Crippen MR) is 63.7 cm³/mol. The molecule has 98 valence electrons. The minimum atomic E-state index is -1.26. The number of aromatic hydroxyl groups is 1.